The quantitative estimate of drug-likeness (QED) is 0.0515. The number of aryl methyl sites for hydroxylation is 2. The predicted octanol–water partition coefficient (Wildman–Crippen LogP) is 10.7. The maximum atomic E-state index is 11.8. The van der Waals surface area contributed by atoms with Gasteiger partial charge >= 0.3 is 0 Å². The fraction of sp³-hybridized carbons (Fsp3) is 0.433. The van der Waals surface area contributed by atoms with Crippen LogP contribution in [0.25, 0.3) is 16.6 Å². The molecule has 6 aliphatic rings. The first-order valence-corrected chi connectivity index (χ1v) is 28.8. The highest BCUT2D eigenvalue weighted by atomic mass is 16.5. The van der Waals surface area contributed by atoms with Crippen LogP contribution in [0.1, 0.15) is 127 Å². The summed E-state index contributed by atoms with van der Waals surface area (Å²) >= 11 is 0. The summed E-state index contributed by atoms with van der Waals surface area (Å²) in [5, 5.41) is 64.4. The number of ether oxygens (including phenoxy) is 4. The molecule has 7 N–H and O–H groups in total. The molecule has 2 aliphatic carbocycles. The van der Waals surface area contributed by atoms with E-state index in [1.807, 2.05) is 24.3 Å². The van der Waals surface area contributed by atoms with Crippen LogP contribution in [0.4, 0.5) is 0 Å². The van der Waals surface area contributed by atoms with Gasteiger partial charge in [-0.25, -0.2) is 0 Å². The number of aromatic nitrogens is 1. The Morgan fingerprint density at radius 3 is 2.56 bits per heavy atom. The average Bonchev–Trinajstić information content (AvgIpc) is 4.16. The van der Waals surface area contributed by atoms with Gasteiger partial charge in [-0.2, -0.15) is 0 Å². The third-order valence-electron chi connectivity index (χ3n) is 18.4. The SMILES string of the molecule is COCNC1C=C2C#C[C@H](CCc3ccc(O)c(Cc4cccc(O)c4)c3)CCC[C@H]3C[C@H](O)CCc4cc(c(O)cc4CO)OCc4cc([C@@]56CCOC[C@@H]5CC5(CCCC5)c5ccccc56)cc5cn(cc45)C(=C2CO3)N1. The van der Waals surface area contributed by atoms with E-state index in [4.69, 9.17) is 18.9 Å². The van der Waals surface area contributed by atoms with E-state index >= 15 is 0 Å². The molecule has 1 saturated heterocycles. The highest BCUT2D eigenvalue weighted by molar-refractivity contribution is 5.89. The summed E-state index contributed by atoms with van der Waals surface area (Å²) in [5.41, 5.74) is 11.1. The first-order chi connectivity index (χ1) is 38.6. The van der Waals surface area contributed by atoms with Crippen LogP contribution in [-0.4, -0.2) is 82.1 Å². The van der Waals surface area contributed by atoms with Gasteiger partial charge in [0.1, 0.15) is 30.1 Å². The molecule has 12 rings (SSSR count). The number of nitrogens with one attached hydrogen (secondary N) is 2. The van der Waals surface area contributed by atoms with Crippen molar-refractivity contribution >= 4 is 16.6 Å². The largest absolute Gasteiger partial charge is 0.508 e. The minimum atomic E-state index is -0.700. The van der Waals surface area contributed by atoms with E-state index in [1.165, 1.54) is 42.4 Å². The van der Waals surface area contributed by atoms with Crippen molar-refractivity contribution in [3.63, 3.8) is 0 Å². The van der Waals surface area contributed by atoms with Crippen LogP contribution < -0.4 is 15.4 Å². The molecule has 5 aromatic carbocycles. The molecular formula is C67H75N3O9. The number of phenolic OH excluding ortho intramolecular Hbond substituents is 3. The van der Waals surface area contributed by atoms with Gasteiger partial charge in [-0.15, -0.1) is 0 Å². The van der Waals surface area contributed by atoms with Crippen molar-refractivity contribution in [3.05, 3.63) is 171 Å². The average molecular weight is 1070 g/mol. The lowest BCUT2D eigenvalue weighted by atomic mass is 9.51. The number of rotatable bonds is 10. The fourth-order valence-electron chi connectivity index (χ4n) is 14.4. The lowest BCUT2D eigenvalue weighted by Gasteiger charge is -2.54. The third kappa shape index (κ3) is 10.8. The molecule has 412 valence electrons. The molecule has 0 radical (unpaired) electrons. The van der Waals surface area contributed by atoms with Crippen molar-refractivity contribution in [2.24, 2.45) is 11.8 Å². The number of aromatic hydroxyl groups is 3. The number of aliphatic hydroxyl groups excluding tert-OH is 2. The predicted molar refractivity (Wildman–Crippen MR) is 306 cm³/mol. The molecule has 1 spiro atoms. The minimum absolute atomic E-state index is 0.0369. The highest BCUT2D eigenvalue weighted by Gasteiger charge is 2.55. The van der Waals surface area contributed by atoms with Gasteiger partial charge in [0, 0.05) is 65.8 Å². The zero-order chi connectivity index (χ0) is 54.1. The van der Waals surface area contributed by atoms with Crippen LogP contribution >= 0.6 is 0 Å². The first kappa shape index (κ1) is 53.1. The molecule has 12 heteroatoms. The number of fused-ring (bicyclic) bond motifs is 10. The Labute approximate surface area is 464 Å². The van der Waals surface area contributed by atoms with E-state index in [-0.39, 0.29) is 72.0 Å². The molecule has 1 aromatic heterocycles. The van der Waals surface area contributed by atoms with Gasteiger partial charge in [-0.1, -0.05) is 79.3 Å². The maximum Gasteiger partial charge on any atom is 0.161 e. The van der Waals surface area contributed by atoms with Crippen LogP contribution in [0.15, 0.2) is 121 Å². The smallest absolute Gasteiger partial charge is 0.161 e. The van der Waals surface area contributed by atoms with Gasteiger partial charge < -0.3 is 54.4 Å². The topological polar surface area (TPSA) is 167 Å². The number of aliphatic hydroxyl groups is 2. The summed E-state index contributed by atoms with van der Waals surface area (Å²) in [6.45, 7) is 1.85. The number of nitrogens with zero attached hydrogens (tertiary/aromatic N) is 1. The number of hydrogen-bond acceptors (Lipinski definition) is 11. The number of dihydropyridines is 1. The van der Waals surface area contributed by atoms with Gasteiger partial charge in [-0.05, 0) is 181 Å². The molecule has 12 nitrogen and oxygen atoms in total. The Bertz CT molecular complexity index is 3340. The van der Waals surface area contributed by atoms with Gasteiger partial charge in [-0.3, -0.25) is 5.32 Å². The molecule has 1 saturated carbocycles. The van der Waals surface area contributed by atoms with E-state index in [0.717, 1.165) is 101 Å². The molecular weight excluding hydrogens is 991 g/mol. The molecule has 6 atom stereocenters. The summed E-state index contributed by atoms with van der Waals surface area (Å²) < 4.78 is 28.0. The van der Waals surface area contributed by atoms with E-state index in [1.54, 1.807) is 31.4 Å². The normalized spacial score (nSPS) is 24.7. The van der Waals surface area contributed by atoms with Crippen LogP contribution in [-0.2, 0) is 57.5 Å². The molecule has 0 amide bonds. The van der Waals surface area contributed by atoms with Crippen LogP contribution in [0.2, 0.25) is 0 Å². The maximum absolute atomic E-state index is 11.8. The molecule has 79 heavy (non-hydrogen) atoms. The lowest BCUT2D eigenvalue weighted by molar-refractivity contribution is -0.00873. The molecule has 5 heterocycles. The van der Waals surface area contributed by atoms with E-state index in [2.05, 4.69) is 88.0 Å². The Kier molecular flexibility index (Phi) is 15.4. The number of methoxy groups -OCH3 is 1. The van der Waals surface area contributed by atoms with Gasteiger partial charge in [0.05, 0.1) is 38.8 Å². The summed E-state index contributed by atoms with van der Waals surface area (Å²) in [4.78, 5) is 0. The van der Waals surface area contributed by atoms with Crippen LogP contribution in [0.3, 0.4) is 0 Å². The Morgan fingerprint density at radius 2 is 1.71 bits per heavy atom. The monoisotopic (exact) mass is 1070 g/mol. The zero-order valence-corrected chi connectivity index (χ0v) is 45.4. The van der Waals surface area contributed by atoms with Crippen LogP contribution in [0.5, 0.6) is 23.0 Å². The molecule has 1 unspecified atom stereocenters. The van der Waals surface area contributed by atoms with Crippen LogP contribution in [0, 0.1) is 23.7 Å². The van der Waals surface area contributed by atoms with Crippen molar-refractivity contribution in [2.45, 2.75) is 139 Å². The van der Waals surface area contributed by atoms with Crippen molar-refractivity contribution in [3.8, 4) is 34.8 Å². The molecule has 4 aliphatic heterocycles. The van der Waals surface area contributed by atoms with Gasteiger partial charge in [0.25, 0.3) is 0 Å². The first-order valence-electron chi connectivity index (χ1n) is 28.8. The van der Waals surface area contributed by atoms with E-state index in [0.29, 0.717) is 56.9 Å². The van der Waals surface area contributed by atoms with Crippen molar-refractivity contribution in [2.75, 3.05) is 33.7 Å². The number of phenols is 3. The second-order valence-electron chi connectivity index (χ2n) is 23.3. The molecule has 2 fully saturated rings. The second kappa shape index (κ2) is 22.9. The zero-order valence-electron chi connectivity index (χ0n) is 45.4. The minimum Gasteiger partial charge on any atom is -0.508 e. The second-order valence-corrected chi connectivity index (χ2v) is 23.3. The third-order valence-corrected chi connectivity index (χ3v) is 18.4. The van der Waals surface area contributed by atoms with E-state index < -0.39 is 6.10 Å². The van der Waals surface area contributed by atoms with Crippen molar-refractivity contribution in [1.82, 2.24) is 15.2 Å². The van der Waals surface area contributed by atoms with Gasteiger partial charge in [0.15, 0.2) is 11.5 Å². The molecule has 6 bridgehead atoms. The Balaban J connectivity index is 0.976. The highest BCUT2D eigenvalue weighted by Crippen LogP contribution is 2.60. The summed E-state index contributed by atoms with van der Waals surface area (Å²) in [6.07, 6.45) is 17.9. The summed E-state index contributed by atoms with van der Waals surface area (Å²) in [5.74, 6) is 9.36. The van der Waals surface area contributed by atoms with Crippen molar-refractivity contribution in [1.29, 1.82) is 0 Å². The summed E-state index contributed by atoms with van der Waals surface area (Å²) in [7, 11) is 1.68. The van der Waals surface area contributed by atoms with E-state index in [9.17, 15) is 25.5 Å². The number of hydrogen-bond donors (Lipinski definition) is 7. The lowest BCUT2D eigenvalue weighted by Crippen LogP contribution is -2.51. The summed E-state index contributed by atoms with van der Waals surface area (Å²) in [6, 6.07) is 30.5. The van der Waals surface area contributed by atoms with Crippen molar-refractivity contribution < 1.29 is 44.5 Å². The Hall–Kier alpha value is -6.56. The molecule has 6 aromatic rings. The Morgan fingerprint density at radius 1 is 0.835 bits per heavy atom. The standard InChI is InChI=1S/C67H75N3O9/c1-76-42-68-64-33-47-18-16-43(14-15-44-17-21-61(74)48(26-44)27-45-9-6-10-54(72)28-45)8-7-11-56-34-55(73)20-19-46-32-63(62(75)31-50(46)38-71)79-39-51-30-52(29-49-36-70(37-57(49)51)65(69-64)58(47)41-78-56)67-24-25-77-40-53(67)35-66(22-4-5-23-66)59-12-2-3-13-60(59)67/h2-3,6,9-10,12-13,17,21,26,28-33,36-37,43,53,55-56,64,68-69,71-75H,4-5,7-8,11,14-15,19-20,22-25,27,34-35,38-42H2,1H3/t43-,53-,55+,56-,64?,67-/m0/s1. The number of benzene rings is 5. The fourth-order valence-corrected chi connectivity index (χ4v) is 14.4. The van der Waals surface area contributed by atoms with Gasteiger partial charge in [0.2, 0.25) is 0 Å².